The van der Waals surface area contributed by atoms with E-state index in [0.29, 0.717) is 19.6 Å². The Morgan fingerprint density at radius 2 is 2.05 bits per heavy atom. The number of carboxylic acids is 1. The number of carbonyl (C=O) groups is 2. The van der Waals surface area contributed by atoms with Crippen LogP contribution in [0, 0.1) is 5.92 Å². The minimum atomic E-state index is -0.875. The van der Waals surface area contributed by atoms with Gasteiger partial charge < -0.3 is 19.5 Å². The number of carbonyl (C=O) groups excluding carboxylic acids is 1. The lowest BCUT2D eigenvalue weighted by Crippen LogP contribution is -2.44. The maximum absolute atomic E-state index is 12.7. The first kappa shape index (κ1) is 16.2. The van der Waals surface area contributed by atoms with E-state index in [9.17, 15) is 9.59 Å². The fourth-order valence-corrected chi connectivity index (χ4v) is 3.04. The highest BCUT2D eigenvalue weighted by Crippen LogP contribution is 2.23. The van der Waals surface area contributed by atoms with Crippen LogP contribution >= 0.6 is 0 Å². The highest BCUT2D eigenvalue weighted by Gasteiger charge is 2.31. The standard InChI is InChI=1S/C15H25NO5/c1-11-9-12(5-8-20-11)15(19)16(6-4-14(17)18)10-13-3-2-7-21-13/h11-13H,2-10H2,1H3,(H,17,18). The molecule has 0 aromatic carbocycles. The van der Waals surface area contributed by atoms with Crippen molar-refractivity contribution < 1.29 is 24.2 Å². The molecule has 2 rings (SSSR count). The van der Waals surface area contributed by atoms with E-state index in [1.165, 1.54) is 0 Å². The summed E-state index contributed by atoms with van der Waals surface area (Å²) in [6.45, 7) is 4.09. The molecule has 1 N–H and O–H groups in total. The van der Waals surface area contributed by atoms with Crippen LogP contribution in [-0.2, 0) is 19.1 Å². The van der Waals surface area contributed by atoms with Crippen LogP contribution in [0.3, 0.4) is 0 Å². The van der Waals surface area contributed by atoms with Gasteiger partial charge in [-0.05, 0) is 32.6 Å². The summed E-state index contributed by atoms with van der Waals surface area (Å²) >= 11 is 0. The lowest BCUT2D eigenvalue weighted by atomic mass is 9.94. The van der Waals surface area contributed by atoms with E-state index in [-0.39, 0.29) is 37.0 Å². The average molecular weight is 299 g/mol. The number of hydrogen-bond acceptors (Lipinski definition) is 4. The number of aliphatic carboxylic acids is 1. The Labute approximate surface area is 125 Å². The first-order valence-corrected chi connectivity index (χ1v) is 7.80. The first-order chi connectivity index (χ1) is 10.1. The van der Waals surface area contributed by atoms with Gasteiger partial charge in [0.25, 0.3) is 0 Å². The van der Waals surface area contributed by atoms with E-state index in [2.05, 4.69) is 0 Å². The number of rotatable bonds is 6. The largest absolute Gasteiger partial charge is 0.481 e. The van der Waals surface area contributed by atoms with Gasteiger partial charge in [-0.15, -0.1) is 0 Å². The summed E-state index contributed by atoms with van der Waals surface area (Å²) in [5.41, 5.74) is 0. The van der Waals surface area contributed by atoms with Gasteiger partial charge in [-0.3, -0.25) is 9.59 Å². The highest BCUT2D eigenvalue weighted by atomic mass is 16.5. The van der Waals surface area contributed by atoms with Crippen LogP contribution < -0.4 is 0 Å². The molecular weight excluding hydrogens is 274 g/mol. The second-order valence-corrected chi connectivity index (χ2v) is 5.97. The summed E-state index contributed by atoms with van der Waals surface area (Å²) in [7, 11) is 0. The van der Waals surface area contributed by atoms with E-state index in [1.54, 1.807) is 4.90 Å². The van der Waals surface area contributed by atoms with Crippen LogP contribution in [0.5, 0.6) is 0 Å². The Morgan fingerprint density at radius 3 is 2.67 bits per heavy atom. The quantitative estimate of drug-likeness (QED) is 0.799. The van der Waals surface area contributed by atoms with Gasteiger partial charge in [0, 0.05) is 32.2 Å². The monoisotopic (exact) mass is 299 g/mol. The molecule has 0 aromatic rings. The van der Waals surface area contributed by atoms with Crippen LogP contribution in [0.2, 0.25) is 0 Å². The van der Waals surface area contributed by atoms with Crippen molar-refractivity contribution >= 4 is 11.9 Å². The maximum Gasteiger partial charge on any atom is 0.305 e. The van der Waals surface area contributed by atoms with Gasteiger partial charge in [-0.2, -0.15) is 0 Å². The SMILES string of the molecule is CC1CC(C(=O)N(CCC(=O)O)CC2CCCO2)CCO1. The molecule has 2 aliphatic heterocycles. The van der Waals surface area contributed by atoms with E-state index in [1.807, 2.05) is 6.92 Å². The Kier molecular flexibility index (Phi) is 5.99. The molecule has 2 heterocycles. The number of hydrogen-bond donors (Lipinski definition) is 1. The molecule has 3 atom stereocenters. The summed E-state index contributed by atoms with van der Waals surface area (Å²) in [6, 6.07) is 0. The van der Waals surface area contributed by atoms with Gasteiger partial charge >= 0.3 is 5.97 Å². The molecule has 2 saturated heterocycles. The molecule has 2 aliphatic rings. The van der Waals surface area contributed by atoms with Crippen molar-refractivity contribution in [1.29, 1.82) is 0 Å². The van der Waals surface area contributed by atoms with Gasteiger partial charge in [0.2, 0.25) is 5.91 Å². The summed E-state index contributed by atoms with van der Waals surface area (Å²) in [4.78, 5) is 25.2. The molecule has 1 amide bonds. The van der Waals surface area contributed by atoms with Gasteiger partial charge in [0.05, 0.1) is 18.6 Å². The van der Waals surface area contributed by atoms with Crippen LogP contribution in [0.4, 0.5) is 0 Å². The molecule has 21 heavy (non-hydrogen) atoms. The Balaban J connectivity index is 1.94. The number of carboxylic acid groups (broad SMARTS) is 1. The van der Waals surface area contributed by atoms with Crippen molar-refractivity contribution in [1.82, 2.24) is 4.90 Å². The van der Waals surface area contributed by atoms with Crippen LogP contribution in [0.1, 0.15) is 39.0 Å². The average Bonchev–Trinajstić information content (AvgIpc) is 2.95. The fourth-order valence-electron chi connectivity index (χ4n) is 3.04. The smallest absolute Gasteiger partial charge is 0.305 e. The maximum atomic E-state index is 12.7. The zero-order valence-corrected chi connectivity index (χ0v) is 12.6. The minimum Gasteiger partial charge on any atom is -0.481 e. The second-order valence-electron chi connectivity index (χ2n) is 5.97. The Hall–Kier alpha value is -1.14. The molecule has 0 saturated carbocycles. The van der Waals surface area contributed by atoms with Crippen molar-refractivity contribution in [3.8, 4) is 0 Å². The molecule has 0 radical (unpaired) electrons. The molecule has 120 valence electrons. The third kappa shape index (κ3) is 4.97. The topological polar surface area (TPSA) is 76.1 Å². The van der Waals surface area contributed by atoms with Gasteiger partial charge in [-0.25, -0.2) is 0 Å². The lowest BCUT2D eigenvalue weighted by molar-refractivity contribution is -0.143. The second kappa shape index (κ2) is 7.75. The van der Waals surface area contributed by atoms with E-state index in [4.69, 9.17) is 14.6 Å². The van der Waals surface area contributed by atoms with Crippen molar-refractivity contribution in [3.05, 3.63) is 0 Å². The van der Waals surface area contributed by atoms with E-state index in [0.717, 1.165) is 25.9 Å². The van der Waals surface area contributed by atoms with Crippen LogP contribution in [-0.4, -0.2) is 60.4 Å². The molecule has 0 aromatic heterocycles. The summed E-state index contributed by atoms with van der Waals surface area (Å²) in [6.07, 6.45) is 3.53. The fraction of sp³-hybridized carbons (Fsp3) is 0.867. The summed E-state index contributed by atoms with van der Waals surface area (Å²) in [5, 5.41) is 8.87. The third-order valence-electron chi connectivity index (χ3n) is 4.19. The van der Waals surface area contributed by atoms with Gasteiger partial charge in [0.15, 0.2) is 0 Å². The first-order valence-electron chi connectivity index (χ1n) is 7.80. The zero-order chi connectivity index (χ0) is 15.2. The molecule has 2 fully saturated rings. The molecule has 0 aliphatic carbocycles. The Bertz CT molecular complexity index is 367. The van der Waals surface area contributed by atoms with E-state index >= 15 is 0 Å². The predicted molar refractivity (Wildman–Crippen MR) is 75.9 cm³/mol. The van der Waals surface area contributed by atoms with Crippen molar-refractivity contribution in [2.24, 2.45) is 5.92 Å². The predicted octanol–water partition coefficient (Wildman–Crippen LogP) is 1.28. The van der Waals surface area contributed by atoms with Gasteiger partial charge in [-0.1, -0.05) is 0 Å². The van der Waals surface area contributed by atoms with Crippen molar-refractivity contribution in [2.75, 3.05) is 26.3 Å². The highest BCUT2D eigenvalue weighted by molar-refractivity contribution is 5.79. The normalized spacial score (nSPS) is 29.3. The lowest BCUT2D eigenvalue weighted by Gasteiger charge is -2.32. The molecule has 0 bridgehead atoms. The molecule has 6 heteroatoms. The van der Waals surface area contributed by atoms with Crippen molar-refractivity contribution in [2.45, 2.75) is 51.2 Å². The van der Waals surface area contributed by atoms with Crippen LogP contribution in [0.15, 0.2) is 0 Å². The zero-order valence-electron chi connectivity index (χ0n) is 12.6. The molecule has 6 nitrogen and oxygen atoms in total. The van der Waals surface area contributed by atoms with Crippen LogP contribution in [0.25, 0.3) is 0 Å². The van der Waals surface area contributed by atoms with Crippen molar-refractivity contribution in [3.63, 3.8) is 0 Å². The number of nitrogens with zero attached hydrogens (tertiary/aromatic N) is 1. The Morgan fingerprint density at radius 1 is 1.24 bits per heavy atom. The van der Waals surface area contributed by atoms with E-state index < -0.39 is 5.97 Å². The summed E-state index contributed by atoms with van der Waals surface area (Å²) < 4.78 is 11.1. The molecule has 3 unspecified atom stereocenters. The number of ether oxygens (including phenoxy) is 2. The summed E-state index contributed by atoms with van der Waals surface area (Å²) in [5.74, 6) is -0.869. The number of amides is 1. The molecule has 0 spiro atoms. The van der Waals surface area contributed by atoms with Gasteiger partial charge in [0.1, 0.15) is 0 Å². The third-order valence-corrected chi connectivity index (χ3v) is 4.19. The molecular formula is C15H25NO5. The minimum absolute atomic E-state index is 0.0166.